The molecule has 2 heterocycles. The molecule has 0 N–H and O–H groups in total. The number of nitrogens with zero attached hydrogens (tertiary/aromatic N) is 2. The molecule has 0 spiro atoms. The van der Waals surface area contributed by atoms with E-state index in [0.29, 0.717) is 10.7 Å². The molecule has 0 aliphatic carbocycles. The van der Waals surface area contributed by atoms with E-state index in [-0.39, 0.29) is 0 Å². The molecule has 0 unspecified atom stereocenters. The molecule has 0 aliphatic heterocycles. The molecule has 2 rings (SSSR count). The summed E-state index contributed by atoms with van der Waals surface area (Å²) in [5.74, 6) is 0. The molecule has 0 aromatic carbocycles. The van der Waals surface area contributed by atoms with Gasteiger partial charge in [0.2, 0.25) is 12.2 Å². The molecule has 4 nitrogen and oxygen atoms in total. The number of hydrogen-bond acceptors (Lipinski definition) is 6. The molecule has 0 atom stereocenters. The summed E-state index contributed by atoms with van der Waals surface area (Å²) in [5, 5.41) is 2.32. The summed E-state index contributed by atoms with van der Waals surface area (Å²) < 4.78 is 0. The van der Waals surface area contributed by atoms with Gasteiger partial charge in [0, 0.05) is 9.75 Å². The van der Waals surface area contributed by atoms with Crippen LogP contribution in [0.4, 0.5) is 10.7 Å². The van der Waals surface area contributed by atoms with E-state index in [1.54, 1.807) is 17.4 Å². The Morgan fingerprint density at radius 2 is 1.94 bits per heavy atom. The predicted molar refractivity (Wildman–Crippen MR) is 63.2 cm³/mol. The third-order valence-electron chi connectivity index (χ3n) is 1.77. The minimum absolute atomic E-state index is 0.353. The molecule has 6 heteroatoms. The molecule has 0 radical (unpaired) electrons. The molecular weight excluding hydrogens is 244 g/mol. The van der Waals surface area contributed by atoms with Crippen molar-refractivity contribution in [3.05, 3.63) is 23.6 Å². The zero-order valence-electron chi connectivity index (χ0n) is 7.84. The second-order valence-electron chi connectivity index (χ2n) is 2.68. The topological polar surface area (TPSA) is 58.9 Å². The molecule has 0 aliphatic rings. The molecule has 0 bridgehead atoms. The highest BCUT2D eigenvalue weighted by Crippen LogP contribution is 2.43. The van der Waals surface area contributed by atoms with Crippen LogP contribution in [-0.4, -0.2) is 12.2 Å². The second-order valence-corrected chi connectivity index (χ2v) is 4.66. The van der Waals surface area contributed by atoms with Crippen molar-refractivity contribution < 1.29 is 9.59 Å². The molecule has 2 aromatic heterocycles. The highest BCUT2D eigenvalue weighted by atomic mass is 32.1. The van der Waals surface area contributed by atoms with Crippen molar-refractivity contribution >= 4 is 45.5 Å². The minimum atomic E-state index is 0.353. The highest BCUT2D eigenvalue weighted by molar-refractivity contribution is 7.24. The van der Waals surface area contributed by atoms with Crippen LogP contribution in [0.5, 0.6) is 0 Å². The SMILES string of the molecule is O=C=Nc1cc(-c2cccs2)sc1N=C=O. The smallest absolute Gasteiger partial charge is 0.211 e. The van der Waals surface area contributed by atoms with Gasteiger partial charge in [0.1, 0.15) is 5.69 Å². The summed E-state index contributed by atoms with van der Waals surface area (Å²) in [4.78, 5) is 29.4. The average Bonchev–Trinajstić information content (AvgIpc) is 2.89. The summed E-state index contributed by atoms with van der Waals surface area (Å²) >= 11 is 2.85. The van der Waals surface area contributed by atoms with Gasteiger partial charge in [0.05, 0.1) is 0 Å². The van der Waals surface area contributed by atoms with Gasteiger partial charge in [-0.25, -0.2) is 9.59 Å². The zero-order chi connectivity index (χ0) is 11.4. The third-order valence-corrected chi connectivity index (χ3v) is 3.85. The van der Waals surface area contributed by atoms with Gasteiger partial charge in [-0.05, 0) is 17.5 Å². The normalized spacial score (nSPS) is 9.25. The van der Waals surface area contributed by atoms with Gasteiger partial charge in [0.15, 0.2) is 5.00 Å². The Balaban J connectivity index is 2.54. The van der Waals surface area contributed by atoms with Crippen molar-refractivity contribution in [2.24, 2.45) is 9.98 Å². The Labute approximate surface area is 98.6 Å². The van der Waals surface area contributed by atoms with Crippen molar-refractivity contribution in [3.63, 3.8) is 0 Å². The Morgan fingerprint density at radius 1 is 1.12 bits per heavy atom. The maximum atomic E-state index is 10.2. The summed E-state index contributed by atoms with van der Waals surface area (Å²) in [6, 6.07) is 5.57. The van der Waals surface area contributed by atoms with E-state index in [2.05, 4.69) is 9.98 Å². The fraction of sp³-hybridized carbons (Fsp3) is 0. The number of thiophene rings is 2. The Morgan fingerprint density at radius 3 is 2.56 bits per heavy atom. The molecule has 0 fully saturated rings. The lowest BCUT2D eigenvalue weighted by Crippen LogP contribution is -1.58. The maximum Gasteiger partial charge on any atom is 0.241 e. The number of isocyanates is 2. The summed E-state index contributed by atoms with van der Waals surface area (Å²) in [7, 11) is 0. The maximum absolute atomic E-state index is 10.2. The molecule has 0 saturated carbocycles. The van der Waals surface area contributed by atoms with E-state index in [4.69, 9.17) is 0 Å². The van der Waals surface area contributed by atoms with Gasteiger partial charge in [-0.3, -0.25) is 0 Å². The number of hydrogen-bond donors (Lipinski definition) is 0. The van der Waals surface area contributed by atoms with Crippen LogP contribution in [-0.2, 0) is 9.59 Å². The summed E-state index contributed by atoms with van der Waals surface area (Å²) in [6.45, 7) is 0. The lowest BCUT2D eigenvalue weighted by Gasteiger charge is -1.85. The quantitative estimate of drug-likeness (QED) is 0.617. The van der Waals surface area contributed by atoms with Crippen molar-refractivity contribution in [2.45, 2.75) is 0 Å². The Hall–Kier alpha value is -1.84. The van der Waals surface area contributed by atoms with Crippen LogP contribution >= 0.6 is 22.7 Å². The predicted octanol–water partition coefficient (Wildman–Crippen LogP) is 3.41. The first-order valence-electron chi connectivity index (χ1n) is 4.18. The van der Waals surface area contributed by atoms with E-state index in [0.717, 1.165) is 9.75 Å². The first-order valence-corrected chi connectivity index (χ1v) is 5.88. The first-order chi connectivity index (χ1) is 7.85. The van der Waals surface area contributed by atoms with Gasteiger partial charge in [-0.2, -0.15) is 9.98 Å². The lowest BCUT2D eigenvalue weighted by atomic mass is 10.3. The Kier molecular flexibility index (Phi) is 3.19. The number of aliphatic imine (C=N–C) groups is 2. The van der Waals surface area contributed by atoms with Crippen LogP contribution in [0.25, 0.3) is 9.75 Å². The van der Waals surface area contributed by atoms with E-state index in [1.165, 1.54) is 23.5 Å². The largest absolute Gasteiger partial charge is 0.241 e. The summed E-state index contributed by atoms with van der Waals surface area (Å²) in [6.07, 6.45) is 2.88. The molecular formula is C10H4N2O2S2. The second kappa shape index (κ2) is 4.79. The van der Waals surface area contributed by atoms with Crippen LogP contribution < -0.4 is 0 Å². The third kappa shape index (κ3) is 2.05. The molecule has 78 valence electrons. The van der Waals surface area contributed by atoms with Crippen LogP contribution in [0.1, 0.15) is 0 Å². The van der Waals surface area contributed by atoms with Gasteiger partial charge in [-0.15, -0.1) is 22.7 Å². The van der Waals surface area contributed by atoms with Crippen molar-refractivity contribution in [3.8, 4) is 9.75 Å². The average molecular weight is 248 g/mol. The number of rotatable bonds is 3. The lowest BCUT2D eigenvalue weighted by molar-refractivity contribution is 0.564. The fourth-order valence-corrected chi connectivity index (χ4v) is 2.91. The molecule has 0 amide bonds. The molecule has 0 saturated heterocycles. The van der Waals surface area contributed by atoms with Crippen LogP contribution in [0.2, 0.25) is 0 Å². The van der Waals surface area contributed by atoms with E-state index in [1.807, 2.05) is 17.5 Å². The first kappa shape index (κ1) is 10.7. The van der Waals surface area contributed by atoms with E-state index in [9.17, 15) is 9.59 Å². The van der Waals surface area contributed by atoms with Gasteiger partial charge in [0.25, 0.3) is 0 Å². The van der Waals surface area contributed by atoms with Gasteiger partial charge in [-0.1, -0.05) is 6.07 Å². The van der Waals surface area contributed by atoms with E-state index >= 15 is 0 Å². The minimum Gasteiger partial charge on any atom is -0.211 e. The fourth-order valence-electron chi connectivity index (χ4n) is 1.16. The standard InChI is InChI=1S/C10H4N2O2S2/c13-5-11-7-4-9(8-2-1-3-15-8)16-10(7)12-6-14/h1-4H. The summed E-state index contributed by atoms with van der Waals surface area (Å²) in [5.41, 5.74) is 0.353. The van der Waals surface area contributed by atoms with Crippen molar-refractivity contribution in [2.75, 3.05) is 0 Å². The number of carbonyl (C=O) groups excluding carboxylic acids is 2. The monoisotopic (exact) mass is 248 g/mol. The van der Waals surface area contributed by atoms with Gasteiger partial charge >= 0.3 is 0 Å². The molecule has 2 aromatic rings. The van der Waals surface area contributed by atoms with Crippen LogP contribution in [0, 0.1) is 0 Å². The van der Waals surface area contributed by atoms with E-state index < -0.39 is 0 Å². The van der Waals surface area contributed by atoms with Crippen LogP contribution in [0.15, 0.2) is 33.6 Å². The van der Waals surface area contributed by atoms with Crippen LogP contribution in [0.3, 0.4) is 0 Å². The van der Waals surface area contributed by atoms with Gasteiger partial charge < -0.3 is 0 Å². The Bertz CT molecular complexity index is 553. The van der Waals surface area contributed by atoms with Crippen molar-refractivity contribution in [1.29, 1.82) is 0 Å². The highest BCUT2D eigenvalue weighted by Gasteiger charge is 2.10. The zero-order valence-corrected chi connectivity index (χ0v) is 9.47. The molecule has 16 heavy (non-hydrogen) atoms. The van der Waals surface area contributed by atoms with Crippen molar-refractivity contribution in [1.82, 2.24) is 0 Å².